The fourth-order valence-electron chi connectivity index (χ4n) is 2.17. The summed E-state index contributed by atoms with van der Waals surface area (Å²) in [4.78, 5) is 17.8. The van der Waals surface area contributed by atoms with E-state index >= 15 is 0 Å². The molecule has 0 unspecified atom stereocenters. The number of carbonyl (C=O) groups is 1. The Kier molecular flexibility index (Phi) is 4.53. The SMILES string of the molecule is CNC(=O)CCN(C)Cc1ccc(N)c2cccnc12. The molecule has 1 aromatic carbocycles. The van der Waals surface area contributed by atoms with Gasteiger partial charge in [-0.3, -0.25) is 9.78 Å². The van der Waals surface area contributed by atoms with E-state index < -0.39 is 0 Å². The molecule has 5 heteroatoms. The summed E-state index contributed by atoms with van der Waals surface area (Å²) in [7, 11) is 3.65. The smallest absolute Gasteiger partial charge is 0.221 e. The Morgan fingerprint density at radius 3 is 2.95 bits per heavy atom. The molecule has 0 saturated heterocycles. The maximum atomic E-state index is 11.3. The van der Waals surface area contributed by atoms with E-state index in [-0.39, 0.29) is 5.91 Å². The van der Waals surface area contributed by atoms with Crippen LogP contribution in [0.25, 0.3) is 10.9 Å². The van der Waals surface area contributed by atoms with E-state index in [1.165, 1.54) is 0 Å². The second-order valence-electron chi connectivity index (χ2n) is 4.87. The van der Waals surface area contributed by atoms with Crippen molar-refractivity contribution in [2.45, 2.75) is 13.0 Å². The molecule has 1 aromatic heterocycles. The third-order valence-corrected chi connectivity index (χ3v) is 3.33. The lowest BCUT2D eigenvalue weighted by Crippen LogP contribution is -2.26. The van der Waals surface area contributed by atoms with Crippen LogP contribution < -0.4 is 11.1 Å². The minimum Gasteiger partial charge on any atom is -0.398 e. The van der Waals surface area contributed by atoms with Gasteiger partial charge in [-0.15, -0.1) is 0 Å². The van der Waals surface area contributed by atoms with E-state index in [9.17, 15) is 4.79 Å². The van der Waals surface area contributed by atoms with Crippen LogP contribution in [0.4, 0.5) is 5.69 Å². The highest BCUT2D eigenvalue weighted by molar-refractivity contribution is 5.92. The number of hydrogen-bond acceptors (Lipinski definition) is 4. The van der Waals surface area contributed by atoms with Crippen molar-refractivity contribution in [3.63, 3.8) is 0 Å². The molecule has 0 aliphatic rings. The number of aromatic nitrogens is 1. The molecule has 3 N–H and O–H groups in total. The largest absolute Gasteiger partial charge is 0.398 e. The summed E-state index contributed by atoms with van der Waals surface area (Å²) in [5.41, 5.74) is 8.76. The number of anilines is 1. The predicted octanol–water partition coefficient (Wildman–Crippen LogP) is 1.38. The Hall–Kier alpha value is -2.14. The third-order valence-electron chi connectivity index (χ3n) is 3.33. The average molecular weight is 272 g/mol. The highest BCUT2D eigenvalue weighted by atomic mass is 16.1. The van der Waals surface area contributed by atoms with Crippen molar-refractivity contribution in [1.29, 1.82) is 0 Å². The Morgan fingerprint density at radius 2 is 2.20 bits per heavy atom. The number of hydrogen-bond donors (Lipinski definition) is 2. The van der Waals surface area contributed by atoms with Crippen LogP contribution in [-0.2, 0) is 11.3 Å². The fourth-order valence-corrected chi connectivity index (χ4v) is 2.17. The molecule has 0 fully saturated rings. The molecule has 0 radical (unpaired) electrons. The number of amides is 1. The molecule has 0 aliphatic carbocycles. The molecule has 20 heavy (non-hydrogen) atoms. The highest BCUT2D eigenvalue weighted by Gasteiger charge is 2.08. The van der Waals surface area contributed by atoms with E-state index in [0.29, 0.717) is 13.0 Å². The third kappa shape index (κ3) is 3.24. The van der Waals surface area contributed by atoms with Crippen molar-refractivity contribution in [3.05, 3.63) is 36.0 Å². The van der Waals surface area contributed by atoms with Crippen LogP contribution in [0.15, 0.2) is 30.5 Å². The first-order valence-corrected chi connectivity index (χ1v) is 6.63. The molecule has 1 heterocycles. The summed E-state index contributed by atoms with van der Waals surface area (Å²) in [6.45, 7) is 1.45. The van der Waals surface area contributed by atoms with Gasteiger partial charge in [0, 0.05) is 43.8 Å². The van der Waals surface area contributed by atoms with E-state index in [1.807, 2.05) is 31.3 Å². The molecule has 2 aromatic rings. The van der Waals surface area contributed by atoms with Gasteiger partial charge in [0.1, 0.15) is 0 Å². The van der Waals surface area contributed by atoms with E-state index in [4.69, 9.17) is 5.73 Å². The number of nitrogen functional groups attached to an aromatic ring is 1. The van der Waals surface area contributed by atoms with Crippen LogP contribution in [0.5, 0.6) is 0 Å². The molecule has 0 atom stereocenters. The lowest BCUT2D eigenvalue weighted by Gasteiger charge is -2.17. The summed E-state index contributed by atoms with van der Waals surface area (Å²) in [6.07, 6.45) is 2.27. The van der Waals surface area contributed by atoms with Gasteiger partial charge in [0.2, 0.25) is 5.91 Å². The minimum atomic E-state index is 0.0529. The molecule has 106 valence electrons. The molecule has 1 amide bonds. The van der Waals surface area contributed by atoms with Gasteiger partial charge in [0.25, 0.3) is 0 Å². The van der Waals surface area contributed by atoms with Gasteiger partial charge in [-0.1, -0.05) is 6.07 Å². The minimum absolute atomic E-state index is 0.0529. The van der Waals surface area contributed by atoms with Gasteiger partial charge in [0.15, 0.2) is 0 Å². The Morgan fingerprint density at radius 1 is 1.40 bits per heavy atom. The second-order valence-corrected chi connectivity index (χ2v) is 4.87. The number of rotatable bonds is 5. The summed E-state index contributed by atoms with van der Waals surface area (Å²) in [5, 5.41) is 3.60. The normalized spacial score (nSPS) is 10.9. The van der Waals surface area contributed by atoms with Gasteiger partial charge < -0.3 is 16.0 Å². The van der Waals surface area contributed by atoms with Crippen molar-refractivity contribution in [3.8, 4) is 0 Å². The van der Waals surface area contributed by atoms with Crippen molar-refractivity contribution >= 4 is 22.5 Å². The summed E-state index contributed by atoms with van der Waals surface area (Å²) in [6, 6.07) is 7.77. The maximum Gasteiger partial charge on any atom is 0.221 e. The molecule has 0 saturated carbocycles. The summed E-state index contributed by atoms with van der Waals surface area (Å²) < 4.78 is 0. The Labute approximate surface area is 118 Å². The van der Waals surface area contributed by atoms with Crippen LogP contribution in [0.3, 0.4) is 0 Å². The van der Waals surface area contributed by atoms with E-state index in [1.54, 1.807) is 13.2 Å². The van der Waals surface area contributed by atoms with E-state index in [2.05, 4.69) is 15.2 Å². The molecule has 0 aliphatic heterocycles. The number of pyridine rings is 1. The number of fused-ring (bicyclic) bond motifs is 1. The number of nitrogens with one attached hydrogen (secondary N) is 1. The Balaban J connectivity index is 2.13. The standard InChI is InChI=1S/C15H20N4O/c1-17-14(20)7-9-19(2)10-11-5-6-13(16)12-4-3-8-18-15(11)12/h3-6,8H,7,9-10,16H2,1-2H3,(H,17,20). The maximum absolute atomic E-state index is 11.3. The molecule has 0 spiro atoms. The second kappa shape index (κ2) is 6.34. The first kappa shape index (κ1) is 14.3. The average Bonchev–Trinajstić information content (AvgIpc) is 2.48. The van der Waals surface area contributed by atoms with Gasteiger partial charge in [-0.05, 0) is 30.8 Å². The zero-order valence-electron chi connectivity index (χ0n) is 11.9. The van der Waals surface area contributed by atoms with Crippen molar-refractivity contribution in [1.82, 2.24) is 15.2 Å². The zero-order chi connectivity index (χ0) is 14.5. The Bertz CT molecular complexity index is 612. The van der Waals surface area contributed by atoms with Gasteiger partial charge >= 0.3 is 0 Å². The molecule has 2 rings (SSSR count). The molecule has 5 nitrogen and oxygen atoms in total. The van der Waals surface area contributed by atoms with Gasteiger partial charge in [-0.2, -0.15) is 0 Å². The molecule has 0 bridgehead atoms. The first-order valence-electron chi connectivity index (χ1n) is 6.63. The van der Waals surface area contributed by atoms with Gasteiger partial charge in [0.05, 0.1) is 5.52 Å². The predicted molar refractivity (Wildman–Crippen MR) is 81.2 cm³/mol. The molecular formula is C15H20N4O. The lowest BCUT2D eigenvalue weighted by molar-refractivity contribution is -0.120. The van der Waals surface area contributed by atoms with E-state index in [0.717, 1.165) is 28.7 Å². The van der Waals surface area contributed by atoms with Crippen LogP contribution >= 0.6 is 0 Å². The fraction of sp³-hybridized carbons (Fsp3) is 0.333. The quantitative estimate of drug-likeness (QED) is 0.807. The van der Waals surface area contributed by atoms with Crippen LogP contribution in [-0.4, -0.2) is 36.4 Å². The molecular weight excluding hydrogens is 252 g/mol. The van der Waals surface area contributed by atoms with Crippen molar-refractivity contribution in [2.75, 3.05) is 26.4 Å². The van der Waals surface area contributed by atoms with Gasteiger partial charge in [-0.25, -0.2) is 0 Å². The topological polar surface area (TPSA) is 71.2 Å². The first-order chi connectivity index (χ1) is 9.61. The number of nitrogens with zero attached hydrogens (tertiary/aromatic N) is 2. The van der Waals surface area contributed by atoms with Crippen molar-refractivity contribution < 1.29 is 4.79 Å². The van der Waals surface area contributed by atoms with Crippen LogP contribution in [0.2, 0.25) is 0 Å². The zero-order valence-corrected chi connectivity index (χ0v) is 11.9. The monoisotopic (exact) mass is 272 g/mol. The summed E-state index contributed by atoms with van der Waals surface area (Å²) >= 11 is 0. The number of nitrogens with two attached hydrogens (primary N) is 1. The summed E-state index contributed by atoms with van der Waals surface area (Å²) in [5.74, 6) is 0.0529. The number of benzene rings is 1. The highest BCUT2D eigenvalue weighted by Crippen LogP contribution is 2.23. The lowest BCUT2D eigenvalue weighted by atomic mass is 10.1. The van der Waals surface area contributed by atoms with Crippen LogP contribution in [0, 0.1) is 0 Å². The van der Waals surface area contributed by atoms with Crippen LogP contribution in [0.1, 0.15) is 12.0 Å². The van der Waals surface area contributed by atoms with Crippen molar-refractivity contribution in [2.24, 2.45) is 0 Å². The number of carbonyl (C=O) groups excluding carboxylic acids is 1.